The van der Waals surface area contributed by atoms with Crippen LogP contribution in [0, 0.1) is 12.7 Å². The predicted molar refractivity (Wildman–Crippen MR) is 108 cm³/mol. The van der Waals surface area contributed by atoms with Crippen molar-refractivity contribution in [1.82, 2.24) is 14.8 Å². The van der Waals surface area contributed by atoms with E-state index in [-0.39, 0.29) is 11.7 Å². The lowest BCUT2D eigenvalue weighted by Gasteiger charge is -2.34. The Morgan fingerprint density at radius 1 is 1.19 bits per heavy atom. The van der Waals surface area contributed by atoms with Crippen LogP contribution in [0.2, 0.25) is 0 Å². The van der Waals surface area contributed by atoms with Gasteiger partial charge in [-0.15, -0.1) is 11.3 Å². The highest BCUT2D eigenvalue weighted by molar-refractivity contribution is 7.14. The number of aryl methyl sites for hydroxylation is 1. The van der Waals surface area contributed by atoms with Gasteiger partial charge in [0.1, 0.15) is 10.8 Å². The smallest absolute Gasteiger partial charge is 0.254 e. The number of benzene rings is 1. The summed E-state index contributed by atoms with van der Waals surface area (Å²) in [7, 11) is 0. The summed E-state index contributed by atoms with van der Waals surface area (Å²) in [5.41, 5.74) is 3.23. The van der Waals surface area contributed by atoms with Crippen LogP contribution in [0.25, 0.3) is 10.6 Å². The maximum absolute atomic E-state index is 13.7. The summed E-state index contributed by atoms with van der Waals surface area (Å²) in [6.07, 6.45) is 0. The first-order valence-electron chi connectivity index (χ1n) is 8.85. The molecule has 1 amide bonds. The Morgan fingerprint density at radius 3 is 2.70 bits per heavy atom. The number of thiophene rings is 1. The topological polar surface area (TPSA) is 36.4 Å². The highest BCUT2D eigenvalue weighted by Crippen LogP contribution is 2.26. The van der Waals surface area contributed by atoms with E-state index in [0.717, 1.165) is 30.3 Å². The standard InChI is InChI=1S/C20H20FN3OS2/c1-14-2-3-15(10-18(14)21)20(25)24-7-5-23(6-8-24)11-17-13-27-19(22-17)16-4-9-26-12-16/h2-4,9-10,12-13H,5-8,11H2,1H3. The number of hydrogen-bond donors (Lipinski definition) is 0. The molecular weight excluding hydrogens is 381 g/mol. The maximum Gasteiger partial charge on any atom is 0.254 e. The van der Waals surface area contributed by atoms with E-state index < -0.39 is 0 Å². The fourth-order valence-corrected chi connectivity index (χ4v) is 4.67. The van der Waals surface area contributed by atoms with E-state index >= 15 is 0 Å². The van der Waals surface area contributed by atoms with Crippen LogP contribution in [-0.4, -0.2) is 46.9 Å². The van der Waals surface area contributed by atoms with Gasteiger partial charge < -0.3 is 4.90 Å². The molecule has 0 bridgehead atoms. The van der Waals surface area contributed by atoms with Crippen LogP contribution in [0.4, 0.5) is 4.39 Å². The van der Waals surface area contributed by atoms with E-state index in [1.54, 1.807) is 46.6 Å². The van der Waals surface area contributed by atoms with Gasteiger partial charge in [-0.1, -0.05) is 6.07 Å². The fourth-order valence-electron chi connectivity index (χ4n) is 3.14. The minimum Gasteiger partial charge on any atom is -0.336 e. The number of nitrogens with zero attached hydrogens (tertiary/aromatic N) is 3. The lowest BCUT2D eigenvalue weighted by atomic mass is 10.1. The Labute approximate surface area is 165 Å². The molecule has 0 spiro atoms. The zero-order valence-electron chi connectivity index (χ0n) is 15.0. The van der Waals surface area contributed by atoms with Gasteiger partial charge in [0.25, 0.3) is 5.91 Å². The number of aromatic nitrogens is 1. The molecule has 27 heavy (non-hydrogen) atoms. The molecule has 0 atom stereocenters. The summed E-state index contributed by atoms with van der Waals surface area (Å²) in [4.78, 5) is 21.4. The number of hydrogen-bond acceptors (Lipinski definition) is 5. The third-order valence-electron chi connectivity index (χ3n) is 4.78. The van der Waals surface area contributed by atoms with Gasteiger partial charge in [0.05, 0.1) is 5.69 Å². The number of rotatable bonds is 4. The zero-order valence-corrected chi connectivity index (χ0v) is 16.7. The van der Waals surface area contributed by atoms with Crippen LogP contribution in [0.1, 0.15) is 21.6 Å². The van der Waals surface area contributed by atoms with Crippen LogP contribution in [0.3, 0.4) is 0 Å². The molecule has 4 rings (SSSR count). The van der Waals surface area contributed by atoms with Gasteiger partial charge in [-0.05, 0) is 36.1 Å². The molecule has 1 aromatic carbocycles. The van der Waals surface area contributed by atoms with Gasteiger partial charge in [0, 0.05) is 54.6 Å². The van der Waals surface area contributed by atoms with E-state index in [2.05, 4.69) is 27.1 Å². The zero-order chi connectivity index (χ0) is 18.8. The number of amides is 1. The highest BCUT2D eigenvalue weighted by Gasteiger charge is 2.23. The Kier molecular flexibility index (Phi) is 5.33. The first-order valence-corrected chi connectivity index (χ1v) is 10.7. The van der Waals surface area contributed by atoms with Crippen LogP contribution in [0.5, 0.6) is 0 Å². The monoisotopic (exact) mass is 401 g/mol. The summed E-state index contributed by atoms with van der Waals surface area (Å²) >= 11 is 3.35. The molecule has 0 unspecified atom stereocenters. The van der Waals surface area contributed by atoms with Crippen molar-refractivity contribution >= 4 is 28.6 Å². The van der Waals surface area contributed by atoms with Crippen molar-refractivity contribution in [3.8, 4) is 10.6 Å². The third-order valence-corrected chi connectivity index (χ3v) is 6.41. The predicted octanol–water partition coefficient (Wildman–Crippen LogP) is 4.28. The number of thiazole rings is 1. The number of piperazine rings is 1. The average molecular weight is 402 g/mol. The molecule has 140 valence electrons. The Morgan fingerprint density at radius 2 is 2.00 bits per heavy atom. The summed E-state index contributed by atoms with van der Waals surface area (Å²) in [6.45, 7) is 5.38. The molecule has 2 aromatic heterocycles. The Bertz CT molecular complexity index is 931. The fraction of sp³-hybridized carbons (Fsp3) is 0.300. The largest absolute Gasteiger partial charge is 0.336 e. The molecule has 0 radical (unpaired) electrons. The molecule has 1 aliphatic heterocycles. The van der Waals surface area contributed by atoms with Gasteiger partial charge in [0.15, 0.2) is 0 Å². The molecular formula is C20H20FN3OS2. The summed E-state index contributed by atoms with van der Waals surface area (Å²) in [5.74, 6) is -0.425. The van der Waals surface area contributed by atoms with Crippen molar-refractivity contribution in [1.29, 1.82) is 0 Å². The van der Waals surface area contributed by atoms with Crippen molar-refractivity contribution in [3.05, 3.63) is 63.0 Å². The molecule has 1 fully saturated rings. The van der Waals surface area contributed by atoms with Crippen LogP contribution in [0.15, 0.2) is 40.4 Å². The molecule has 1 aliphatic rings. The van der Waals surface area contributed by atoms with E-state index in [4.69, 9.17) is 4.98 Å². The number of carbonyl (C=O) groups excluding carboxylic acids is 1. The summed E-state index contributed by atoms with van der Waals surface area (Å²) in [5, 5.41) is 7.34. The third kappa shape index (κ3) is 4.10. The quantitative estimate of drug-likeness (QED) is 0.655. The lowest BCUT2D eigenvalue weighted by molar-refractivity contribution is 0.0627. The second-order valence-electron chi connectivity index (χ2n) is 6.69. The molecule has 3 aromatic rings. The Hall–Kier alpha value is -2.09. The molecule has 0 N–H and O–H groups in total. The van der Waals surface area contributed by atoms with Crippen molar-refractivity contribution in [2.75, 3.05) is 26.2 Å². The molecule has 7 heteroatoms. The van der Waals surface area contributed by atoms with Crippen LogP contribution >= 0.6 is 22.7 Å². The average Bonchev–Trinajstić information content (AvgIpc) is 3.36. The van der Waals surface area contributed by atoms with Crippen molar-refractivity contribution in [2.24, 2.45) is 0 Å². The maximum atomic E-state index is 13.7. The van der Waals surface area contributed by atoms with E-state index in [9.17, 15) is 9.18 Å². The van der Waals surface area contributed by atoms with Gasteiger partial charge in [0.2, 0.25) is 0 Å². The molecule has 0 saturated carbocycles. The first kappa shape index (κ1) is 18.3. The second kappa shape index (κ2) is 7.88. The number of carbonyl (C=O) groups is 1. The minimum atomic E-state index is -0.329. The lowest BCUT2D eigenvalue weighted by Crippen LogP contribution is -2.48. The summed E-state index contributed by atoms with van der Waals surface area (Å²) in [6, 6.07) is 6.79. The molecule has 1 saturated heterocycles. The Balaban J connectivity index is 1.33. The molecule has 4 nitrogen and oxygen atoms in total. The van der Waals surface area contributed by atoms with Crippen molar-refractivity contribution in [3.63, 3.8) is 0 Å². The van der Waals surface area contributed by atoms with Crippen molar-refractivity contribution in [2.45, 2.75) is 13.5 Å². The normalized spacial score (nSPS) is 15.3. The van der Waals surface area contributed by atoms with Gasteiger partial charge in [-0.25, -0.2) is 9.37 Å². The second-order valence-corrected chi connectivity index (χ2v) is 8.33. The van der Waals surface area contributed by atoms with E-state index in [1.807, 2.05) is 0 Å². The number of halogens is 1. The molecule has 3 heterocycles. The van der Waals surface area contributed by atoms with E-state index in [1.165, 1.54) is 11.6 Å². The van der Waals surface area contributed by atoms with Crippen LogP contribution < -0.4 is 0 Å². The first-order chi connectivity index (χ1) is 13.1. The van der Waals surface area contributed by atoms with E-state index in [0.29, 0.717) is 24.2 Å². The SMILES string of the molecule is Cc1ccc(C(=O)N2CCN(Cc3csc(-c4ccsc4)n3)CC2)cc1F. The van der Waals surface area contributed by atoms with Gasteiger partial charge >= 0.3 is 0 Å². The van der Waals surface area contributed by atoms with Gasteiger partial charge in [-0.2, -0.15) is 11.3 Å². The highest BCUT2D eigenvalue weighted by atomic mass is 32.1. The molecule has 0 aliphatic carbocycles. The minimum absolute atomic E-state index is 0.0954. The van der Waals surface area contributed by atoms with Gasteiger partial charge in [-0.3, -0.25) is 9.69 Å². The van der Waals surface area contributed by atoms with Crippen LogP contribution in [-0.2, 0) is 6.54 Å². The summed E-state index contributed by atoms with van der Waals surface area (Å²) < 4.78 is 13.7. The van der Waals surface area contributed by atoms with Crippen molar-refractivity contribution < 1.29 is 9.18 Å².